The number of thioether (sulfide) groups is 1. The van der Waals surface area contributed by atoms with Gasteiger partial charge in [-0.1, -0.05) is 29.4 Å². The maximum absolute atomic E-state index is 6.24. The van der Waals surface area contributed by atoms with Crippen molar-refractivity contribution in [3.8, 4) is 22.3 Å². The van der Waals surface area contributed by atoms with Crippen LogP contribution in [0.2, 0.25) is 5.02 Å². The van der Waals surface area contributed by atoms with Crippen LogP contribution >= 0.6 is 34.7 Å². The molecule has 118 valence electrons. The summed E-state index contributed by atoms with van der Waals surface area (Å²) in [5.74, 6) is 2.50. The predicted molar refractivity (Wildman–Crippen MR) is 89.6 cm³/mol. The summed E-state index contributed by atoms with van der Waals surface area (Å²) >= 11 is 9.26. The number of aromatic nitrogens is 2. The van der Waals surface area contributed by atoms with Crippen LogP contribution in [0.25, 0.3) is 10.8 Å². The van der Waals surface area contributed by atoms with E-state index in [0.29, 0.717) is 46.6 Å². The Morgan fingerprint density at radius 3 is 3.00 bits per heavy atom. The van der Waals surface area contributed by atoms with E-state index in [-0.39, 0.29) is 0 Å². The van der Waals surface area contributed by atoms with E-state index in [9.17, 15) is 0 Å². The van der Waals surface area contributed by atoms with Gasteiger partial charge in [0, 0.05) is 5.75 Å². The number of halogens is 1. The van der Waals surface area contributed by atoms with Crippen molar-refractivity contribution in [3.63, 3.8) is 0 Å². The van der Waals surface area contributed by atoms with Gasteiger partial charge in [0.15, 0.2) is 11.5 Å². The second-order valence-corrected chi connectivity index (χ2v) is 7.02. The molecule has 1 aromatic carbocycles. The molecule has 0 radical (unpaired) electrons. The summed E-state index contributed by atoms with van der Waals surface area (Å²) in [6.07, 6.45) is 0. The molecule has 8 heteroatoms. The van der Waals surface area contributed by atoms with Crippen LogP contribution in [-0.4, -0.2) is 23.4 Å². The largest absolute Gasteiger partial charge is 0.486 e. The highest BCUT2D eigenvalue weighted by Gasteiger charge is 2.17. The van der Waals surface area contributed by atoms with Crippen LogP contribution in [0.4, 0.5) is 0 Å². The van der Waals surface area contributed by atoms with Gasteiger partial charge >= 0.3 is 0 Å². The van der Waals surface area contributed by atoms with Gasteiger partial charge in [-0.3, -0.25) is 0 Å². The SMILES string of the molecule is Clc1cc(CSc2nnc(-c3cccs3)o2)cc2c1OCCO2. The van der Waals surface area contributed by atoms with E-state index in [1.165, 1.54) is 11.8 Å². The van der Waals surface area contributed by atoms with Crippen LogP contribution in [0, 0.1) is 0 Å². The molecule has 4 rings (SSSR count). The van der Waals surface area contributed by atoms with E-state index in [2.05, 4.69) is 10.2 Å². The molecule has 5 nitrogen and oxygen atoms in total. The Hall–Kier alpha value is -1.70. The molecule has 0 bridgehead atoms. The molecule has 0 fully saturated rings. The highest BCUT2D eigenvalue weighted by atomic mass is 35.5. The minimum absolute atomic E-state index is 0.522. The fourth-order valence-electron chi connectivity index (χ4n) is 2.16. The zero-order valence-electron chi connectivity index (χ0n) is 11.8. The van der Waals surface area contributed by atoms with Crippen LogP contribution in [0.3, 0.4) is 0 Å². The Kier molecular flexibility index (Phi) is 4.15. The first-order chi connectivity index (χ1) is 11.3. The highest BCUT2D eigenvalue weighted by molar-refractivity contribution is 7.98. The predicted octanol–water partition coefficient (Wildman–Crippen LogP) is 4.52. The standard InChI is InChI=1S/C15H11ClN2O3S2/c16-10-6-9(7-11-13(10)20-4-3-19-11)8-23-15-18-17-14(21-15)12-2-1-5-22-12/h1-2,5-7H,3-4,8H2. The molecule has 2 aromatic heterocycles. The molecule has 0 saturated heterocycles. The van der Waals surface area contributed by atoms with E-state index < -0.39 is 0 Å². The van der Waals surface area contributed by atoms with Crippen molar-refractivity contribution in [2.24, 2.45) is 0 Å². The molecule has 0 spiro atoms. The van der Waals surface area contributed by atoms with E-state index in [1.54, 1.807) is 11.3 Å². The first-order valence-electron chi connectivity index (χ1n) is 6.88. The van der Waals surface area contributed by atoms with Crippen molar-refractivity contribution in [1.82, 2.24) is 10.2 Å². The molecule has 1 aliphatic heterocycles. The normalized spacial score (nSPS) is 13.3. The Balaban J connectivity index is 1.48. The first kappa shape index (κ1) is 14.9. The minimum atomic E-state index is 0.522. The lowest BCUT2D eigenvalue weighted by atomic mass is 10.2. The zero-order valence-corrected chi connectivity index (χ0v) is 14.2. The van der Waals surface area contributed by atoms with Crippen LogP contribution in [0.15, 0.2) is 39.3 Å². The number of fused-ring (bicyclic) bond motifs is 1. The van der Waals surface area contributed by atoms with Gasteiger partial charge in [-0.05, 0) is 29.1 Å². The highest BCUT2D eigenvalue weighted by Crippen LogP contribution is 2.39. The first-order valence-corrected chi connectivity index (χ1v) is 9.12. The summed E-state index contributed by atoms with van der Waals surface area (Å²) in [7, 11) is 0. The lowest BCUT2D eigenvalue weighted by Gasteiger charge is -2.20. The number of hydrogen-bond acceptors (Lipinski definition) is 7. The number of thiophene rings is 1. The van der Waals surface area contributed by atoms with Crippen molar-refractivity contribution in [2.45, 2.75) is 11.0 Å². The van der Waals surface area contributed by atoms with E-state index >= 15 is 0 Å². The molecule has 3 heterocycles. The van der Waals surface area contributed by atoms with Crippen molar-refractivity contribution in [2.75, 3.05) is 13.2 Å². The van der Waals surface area contributed by atoms with Crippen molar-refractivity contribution in [1.29, 1.82) is 0 Å². The molecule has 0 amide bonds. The van der Waals surface area contributed by atoms with Crippen molar-refractivity contribution < 1.29 is 13.9 Å². The second-order valence-electron chi connectivity index (χ2n) is 4.74. The monoisotopic (exact) mass is 366 g/mol. The van der Waals surface area contributed by atoms with Gasteiger partial charge in [-0.25, -0.2) is 0 Å². The Morgan fingerprint density at radius 2 is 2.13 bits per heavy atom. The number of benzene rings is 1. The molecule has 1 aliphatic rings. The third kappa shape index (κ3) is 3.17. The number of nitrogens with zero attached hydrogens (tertiary/aromatic N) is 2. The molecular weight excluding hydrogens is 356 g/mol. The van der Waals surface area contributed by atoms with Crippen LogP contribution in [0.1, 0.15) is 5.56 Å². The molecule has 23 heavy (non-hydrogen) atoms. The summed E-state index contributed by atoms with van der Waals surface area (Å²) in [6.45, 7) is 1.06. The quantitative estimate of drug-likeness (QED) is 0.633. The lowest BCUT2D eigenvalue weighted by Crippen LogP contribution is -2.15. The summed E-state index contributed by atoms with van der Waals surface area (Å²) in [6, 6.07) is 7.71. The smallest absolute Gasteiger partial charge is 0.277 e. The fraction of sp³-hybridized carbons (Fsp3) is 0.200. The van der Waals surface area contributed by atoms with Gasteiger partial charge in [0.05, 0.1) is 9.90 Å². The van der Waals surface area contributed by atoms with E-state index in [0.717, 1.165) is 10.4 Å². The van der Waals surface area contributed by atoms with Crippen molar-refractivity contribution >= 4 is 34.7 Å². The third-order valence-corrected chi connectivity index (χ3v) is 5.19. The van der Waals surface area contributed by atoms with Gasteiger partial charge in [-0.2, -0.15) is 0 Å². The summed E-state index contributed by atoms with van der Waals surface area (Å²) < 4.78 is 16.7. The van der Waals surface area contributed by atoms with Crippen LogP contribution < -0.4 is 9.47 Å². The van der Waals surface area contributed by atoms with E-state index in [4.69, 9.17) is 25.5 Å². The molecule has 3 aromatic rings. The minimum Gasteiger partial charge on any atom is -0.486 e. The van der Waals surface area contributed by atoms with Crippen molar-refractivity contribution in [3.05, 3.63) is 40.2 Å². The summed E-state index contributed by atoms with van der Waals surface area (Å²) in [5, 5.41) is 11.2. The fourth-order valence-corrected chi connectivity index (χ4v) is 3.79. The topological polar surface area (TPSA) is 57.4 Å². The van der Waals surface area contributed by atoms with Gasteiger partial charge in [-0.15, -0.1) is 21.5 Å². The van der Waals surface area contributed by atoms with Gasteiger partial charge < -0.3 is 13.9 Å². The average molecular weight is 367 g/mol. The maximum Gasteiger partial charge on any atom is 0.277 e. The molecule has 0 atom stereocenters. The number of rotatable bonds is 4. The lowest BCUT2D eigenvalue weighted by molar-refractivity contribution is 0.171. The number of hydrogen-bond donors (Lipinski definition) is 0. The van der Waals surface area contributed by atoms with Crippen LogP contribution in [0.5, 0.6) is 11.5 Å². The molecule has 0 N–H and O–H groups in total. The van der Waals surface area contributed by atoms with Crippen LogP contribution in [-0.2, 0) is 5.75 Å². The van der Waals surface area contributed by atoms with Gasteiger partial charge in [0.2, 0.25) is 0 Å². The summed E-state index contributed by atoms with van der Waals surface area (Å²) in [5.41, 5.74) is 1.01. The molecule has 0 saturated carbocycles. The Labute approximate surface area is 145 Å². The number of ether oxygens (including phenoxy) is 2. The Morgan fingerprint density at radius 1 is 1.22 bits per heavy atom. The molecular formula is C15H11ClN2O3S2. The zero-order chi connectivity index (χ0) is 15.6. The van der Waals surface area contributed by atoms with E-state index in [1.807, 2.05) is 29.6 Å². The molecule has 0 unspecified atom stereocenters. The third-order valence-electron chi connectivity index (χ3n) is 3.16. The molecule has 0 aliphatic carbocycles. The van der Waals surface area contributed by atoms with Gasteiger partial charge in [0.25, 0.3) is 11.1 Å². The van der Waals surface area contributed by atoms with Gasteiger partial charge in [0.1, 0.15) is 13.2 Å². The average Bonchev–Trinajstić information content (AvgIpc) is 3.24. The maximum atomic E-state index is 6.24. The summed E-state index contributed by atoms with van der Waals surface area (Å²) in [4.78, 5) is 0.965. The Bertz CT molecular complexity index is 820. The second kappa shape index (κ2) is 6.43.